The lowest BCUT2D eigenvalue weighted by Gasteiger charge is -2.25. The van der Waals surface area contributed by atoms with Gasteiger partial charge in [0, 0.05) is 19.6 Å². The molecule has 2 heteroatoms. The number of ether oxygens (including phenoxy) is 1. The van der Waals surface area contributed by atoms with Crippen molar-refractivity contribution in [2.24, 2.45) is 0 Å². The Labute approximate surface area is 98.0 Å². The fourth-order valence-corrected chi connectivity index (χ4v) is 1.86. The molecule has 0 radical (unpaired) electrons. The molecular formula is C14H19NO. The second-order valence-electron chi connectivity index (χ2n) is 3.70. The summed E-state index contributed by atoms with van der Waals surface area (Å²) in [6, 6.07) is 10.5. The molecule has 1 rings (SSSR count). The van der Waals surface area contributed by atoms with Crippen molar-refractivity contribution >= 4 is 0 Å². The van der Waals surface area contributed by atoms with E-state index >= 15 is 0 Å². The molecule has 0 bridgehead atoms. The molecule has 0 aliphatic carbocycles. The average molecular weight is 217 g/mol. The summed E-state index contributed by atoms with van der Waals surface area (Å²) >= 11 is 0. The first kappa shape index (κ1) is 12.8. The summed E-state index contributed by atoms with van der Waals surface area (Å²) in [5.41, 5.74) is 1.18. The van der Waals surface area contributed by atoms with Gasteiger partial charge in [0.25, 0.3) is 0 Å². The summed E-state index contributed by atoms with van der Waals surface area (Å²) in [5, 5.41) is 3.27. The topological polar surface area (TPSA) is 21.3 Å². The van der Waals surface area contributed by atoms with Gasteiger partial charge in [-0.3, -0.25) is 0 Å². The van der Waals surface area contributed by atoms with Gasteiger partial charge in [0.2, 0.25) is 0 Å². The number of terminal acetylenes is 1. The molecule has 0 fully saturated rings. The van der Waals surface area contributed by atoms with Crippen LogP contribution in [0.5, 0.6) is 0 Å². The fourth-order valence-electron chi connectivity index (χ4n) is 1.86. The summed E-state index contributed by atoms with van der Waals surface area (Å²) < 4.78 is 5.56. The van der Waals surface area contributed by atoms with Crippen molar-refractivity contribution in [2.75, 3.05) is 14.2 Å². The van der Waals surface area contributed by atoms with Crippen molar-refractivity contribution in [3.05, 3.63) is 35.9 Å². The van der Waals surface area contributed by atoms with Crippen LogP contribution in [0.15, 0.2) is 30.3 Å². The first-order chi connectivity index (χ1) is 7.83. The number of rotatable bonds is 6. The van der Waals surface area contributed by atoms with Crippen LogP contribution in [-0.4, -0.2) is 20.2 Å². The third kappa shape index (κ3) is 3.37. The van der Waals surface area contributed by atoms with Crippen LogP contribution in [0, 0.1) is 12.3 Å². The van der Waals surface area contributed by atoms with E-state index < -0.39 is 0 Å². The predicted octanol–water partition coefficient (Wildman–Crippen LogP) is 2.38. The maximum atomic E-state index is 5.56. The normalized spacial score (nSPS) is 14.1. The van der Waals surface area contributed by atoms with Crippen molar-refractivity contribution in [1.82, 2.24) is 5.32 Å². The van der Waals surface area contributed by atoms with Gasteiger partial charge in [0.1, 0.15) is 0 Å². The maximum Gasteiger partial charge on any atom is 0.0974 e. The highest BCUT2D eigenvalue weighted by Crippen LogP contribution is 2.22. The van der Waals surface area contributed by atoms with Crippen LogP contribution < -0.4 is 5.32 Å². The monoisotopic (exact) mass is 217 g/mol. The lowest BCUT2D eigenvalue weighted by molar-refractivity contribution is 0.0680. The summed E-state index contributed by atoms with van der Waals surface area (Å²) in [5.74, 6) is 2.67. The molecular weight excluding hydrogens is 198 g/mol. The lowest BCUT2D eigenvalue weighted by Crippen LogP contribution is -2.33. The van der Waals surface area contributed by atoms with Gasteiger partial charge < -0.3 is 10.1 Å². The zero-order valence-electron chi connectivity index (χ0n) is 9.94. The zero-order chi connectivity index (χ0) is 11.8. The average Bonchev–Trinajstić information content (AvgIpc) is 2.35. The largest absolute Gasteiger partial charge is 0.375 e. The molecule has 0 aliphatic rings. The van der Waals surface area contributed by atoms with Crippen molar-refractivity contribution < 1.29 is 4.74 Å². The van der Waals surface area contributed by atoms with E-state index in [1.165, 1.54) is 5.56 Å². The molecule has 0 aromatic heterocycles. The lowest BCUT2D eigenvalue weighted by atomic mass is 9.98. The van der Waals surface area contributed by atoms with E-state index in [1.54, 1.807) is 7.11 Å². The molecule has 2 atom stereocenters. The SMILES string of the molecule is C#CCCC(NC)C(OC)c1ccccc1. The van der Waals surface area contributed by atoms with Gasteiger partial charge in [-0.1, -0.05) is 30.3 Å². The van der Waals surface area contributed by atoms with Crippen molar-refractivity contribution in [1.29, 1.82) is 0 Å². The third-order valence-corrected chi connectivity index (χ3v) is 2.72. The predicted molar refractivity (Wildman–Crippen MR) is 67.1 cm³/mol. The molecule has 16 heavy (non-hydrogen) atoms. The Morgan fingerprint density at radius 3 is 2.56 bits per heavy atom. The van der Waals surface area contributed by atoms with Gasteiger partial charge in [-0.25, -0.2) is 0 Å². The molecule has 0 heterocycles. The van der Waals surface area contributed by atoms with Crippen LogP contribution in [0.1, 0.15) is 24.5 Å². The molecule has 2 unspecified atom stereocenters. The molecule has 2 nitrogen and oxygen atoms in total. The molecule has 0 saturated carbocycles. The molecule has 1 aromatic rings. The molecule has 0 aliphatic heterocycles. The third-order valence-electron chi connectivity index (χ3n) is 2.72. The Balaban J connectivity index is 2.76. The quantitative estimate of drug-likeness (QED) is 0.739. The smallest absolute Gasteiger partial charge is 0.0974 e. The van der Waals surface area contributed by atoms with E-state index in [9.17, 15) is 0 Å². The molecule has 0 saturated heterocycles. The number of benzene rings is 1. The number of hydrogen-bond donors (Lipinski definition) is 1. The summed E-state index contributed by atoms with van der Waals surface area (Å²) in [6.45, 7) is 0. The zero-order valence-corrected chi connectivity index (χ0v) is 9.94. The van der Waals surface area contributed by atoms with E-state index in [0.29, 0.717) is 0 Å². The first-order valence-corrected chi connectivity index (χ1v) is 5.52. The number of methoxy groups -OCH3 is 1. The van der Waals surface area contributed by atoms with Gasteiger partial charge >= 0.3 is 0 Å². The molecule has 1 aromatic carbocycles. The summed E-state index contributed by atoms with van der Waals surface area (Å²) in [7, 11) is 3.67. The van der Waals surface area contributed by atoms with E-state index in [1.807, 2.05) is 25.2 Å². The summed E-state index contributed by atoms with van der Waals surface area (Å²) in [6.07, 6.45) is 7.03. The molecule has 0 amide bonds. The number of likely N-dealkylation sites (N-methyl/N-ethyl adjacent to an activating group) is 1. The van der Waals surface area contributed by atoms with Crippen LogP contribution in [0.2, 0.25) is 0 Å². The highest BCUT2D eigenvalue weighted by atomic mass is 16.5. The van der Waals surface area contributed by atoms with Gasteiger partial charge in [-0.05, 0) is 19.0 Å². The Bertz CT molecular complexity index is 328. The van der Waals surface area contributed by atoms with Gasteiger partial charge in [0.05, 0.1) is 6.10 Å². The van der Waals surface area contributed by atoms with E-state index in [-0.39, 0.29) is 12.1 Å². The molecule has 0 spiro atoms. The standard InChI is InChI=1S/C14H19NO/c1-4-5-11-13(15-2)14(16-3)12-9-7-6-8-10-12/h1,6-10,13-15H,5,11H2,2-3H3. The van der Waals surface area contributed by atoms with E-state index in [4.69, 9.17) is 11.2 Å². The highest BCUT2D eigenvalue weighted by molar-refractivity contribution is 5.19. The Morgan fingerprint density at radius 1 is 1.38 bits per heavy atom. The number of hydrogen-bond acceptors (Lipinski definition) is 2. The van der Waals surface area contributed by atoms with Crippen LogP contribution in [-0.2, 0) is 4.74 Å². The van der Waals surface area contributed by atoms with E-state index in [0.717, 1.165) is 12.8 Å². The molecule has 86 valence electrons. The van der Waals surface area contributed by atoms with Crippen LogP contribution in [0.4, 0.5) is 0 Å². The van der Waals surface area contributed by atoms with Crippen LogP contribution in [0.3, 0.4) is 0 Å². The second kappa shape index (κ2) is 7.05. The van der Waals surface area contributed by atoms with Crippen molar-refractivity contribution in [3.63, 3.8) is 0 Å². The Morgan fingerprint density at radius 2 is 2.06 bits per heavy atom. The fraction of sp³-hybridized carbons (Fsp3) is 0.429. The maximum absolute atomic E-state index is 5.56. The minimum Gasteiger partial charge on any atom is -0.375 e. The minimum absolute atomic E-state index is 0.0551. The van der Waals surface area contributed by atoms with Crippen LogP contribution >= 0.6 is 0 Å². The van der Waals surface area contributed by atoms with Crippen molar-refractivity contribution in [2.45, 2.75) is 25.0 Å². The second-order valence-corrected chi connectivity index (χ2v) is 3.70. The summed E-state index contributed by atoms with van der Waals surface area (Å²) in [4.78, 5) is 0. The Kier molecular flexibility index (Phi) is 5.63. The van der Waals surface area contributed by atoms with Crippen LogP contribution in [0.25, 0.3) is 0 Å². The van der Waals surface area contributed by atoms with Crippen molar-refractivity contribution in [3.8, 4) is 12.3 Å². The van der Waals surface area contributed by atoms with Gasteiger partial charge in [0.15, 0.2) is 0 Å². The van der Waals surface area contributed by atoms with E-state index in [2.05, 4.69) is 23.4 Å². The number of nitrogens with one attached hydrogen (secondary N) is 1. The molecule has 1 N–H and O–H groups in total. The first-order valence-electron chi connectivity index (χ1n) is 5.52. The van der Waals surface area contributed by atoms with Gasteiger partial charge in [-0.2, -0.15) is 0 Å². The van der Waals surface area contributed by atoms with Gasteiger partial charge in [-0.15, -0.1) is 12.3 Å². The Hall–Kier alpha value is -1.30. The highest BCUT2D eigenvalue weighted by Gasteiger charge is 2.20. The minimum atomic E-state index is 0.0551.